The van der Waals surface area contributed by atoms with Crippen LogP contribution in [0.15, 0.2) is 29.8 Å². The van der Waals surface area contributed by atoms with Crippen molar-refractivity contribution in [3.63, 3.8) is 0 Å². The molecule has 0 aliphatic carbocycles. The van der Waals surface area contributed by atoms with E-state index in [0.717, 1.165) is 34.7 Å². The minimum atomic E-state index is -0.372. The lowest BCUT2D eigenvalue weighted by Crippen LogP contribution is -2.44. The molecule has 0 saturated carbocycles. The molecule has 1 aromatic heterocycles. The fourth-order valence-corrected chi connectivity index (χ4v) is 4.21. The van der Waals surface area contributed by atoms with Crippen LogP contribution in [0, 0.1) is 12.3 Å². The van der Waals surface area contributed by atoms with Crippen molar-refractivity contribution in [3.05, 3.63) is 35.5 Å². The molecule has 168 valence electrons. The van der Waals surface area contributed by atoms with Gasteiger partial charge in [0.2, 0.25) is 17.7 Å². The van der Waals surface area contributed by atoms with E-state index in [4.69, 9.17) is 0 Å². The zero-order valence-corrected chi connectivity index (χ0v) is 19.7. The van der Waals surface area contributed by atoms with Gasteiger partial charge in [-0.05, 0) is 42.9 Å². The van der Waals surface area contributed by atoms with Crippen LogP contribution in [0.25, 0.3) is 10.4 Å². The molecule has 1 aliphatic rings. The average molecular weight is 445 g/mol. The molecule has 3 rings (SSSR count). The van der Waals surface area contributed by atoms with Gasteiger partial charge in [0.05, 0.1) is 16.1 Å². The van der Waals surface area contributed by atoms with E-state index in [2.05, 4.69) is 16.0 Å². The summed E-state index contributed by atoms with van der Waals surface area (Å²) in [5.41, 5.74) is 9.09. The van der Waals surface area contributed by atoms with Crippen molar-refractivity contribution in [3.8, 4) is 10.4 Å². The predicted octanol–water partition coefficient (Wildman–Crippen LogP) is 3.98. The van der Waals surface area contributed by atoms with Gasteiger partial charge in [0.1, 0.15) is 6.04 Å². The summed E-state index contributed by atoms with van der Waals surface area (Å²) in [5.74, 6) is -0.368. The van der Waals surface area contributed by atoms with E-state index in [0.29, 0.717) is 13.0 Å². The number of hydrogen-bond donors (Lipinski definition) is 2. The number of hydrogen-bond acceptors (Lipinski definition) is 5. The molecule has 1 atom stereocenters. The zero-order valence-electron chi connectivity index (χ0n) is 18.9. The maximum Gasteiger partial charge on any atom is 0.247 e. The van der Waals surface area contributed by atoms with Crippen LogP contribution in [0.1, 0.15) is 52.7 Å². The van der Waals surface area contributed by atoms with Crippen LogP contribution < -0.4 is 11.1 Å². The van der Waals surface area contributed by atoms with Crippen LogP contribution in [0.2, 0.25) is 0 Å². The molecular formula is C23H32N4O3S. The third kappa shape index (κ3) is 7.47. The Hall–Kier alpha value is -2.74. The Labute approximate surface area is 188 Å². The Balaban J connectivity index is 0.000000785. The van der Waals surface area contributed by atoms with Crippen molar-refractivity contribution in [2.24, 2.45) is 11.1 Å². The fraction of sp³-hybridized carbons (Fsp3) is 0.478. The summed E-state index contributed by atoms with van der Waals surface area (Å²) in [7, 11) is 0. The van der Waals surface area contributed by atoms with Crippen molar-refractivity contribution in [1.29, 1.82) is 0 Å². The molecule has 3 N–H and O–H groups in total. The molecule has 1 aromatic carbocycles. The second-order valence-electron chi connectivity index (χ2n) is 8.93. The number of aryl methyl sites for hydroxylation is 1. The van der Waals surface area contributed by atoms with Crippen molar-refractivity contribution < 1.29 is 14.4 Å². The van der Waals surface area contributed by atoms with Crippen LogP contribution in [0.5, 0.6) is 0 Å². The second-order valence-corrected chi connectivity index (χ2v) is 9.78. The number of carbonyl (C=O) groups is 3. The fourth-order valence-electron chi connectivity index (χ4n) is 3.40. The van der Waals surface area contributed by atoms with Crippen molar-refractivity contribution in [2.45, 2.75) is 59.9 Å². The Morgan fingerprint density at radius 3 is 2.35 bits per heavy atom. The number of anilines is 1. The molecule has 0 spiro atoms. The number of thiazole rings is 1. The number of nitrogens with two attached hydrogens (primary N) is 1. The van der Waals surface area contributed by atoms with Crippen LogP contribution in [0.4, 0.5) is 5.69 Å². The summed E-state index contributed by atoms with van der Waals surface area (Å²) in [5, 5.41) is 2.97. The molecule has 0 bridgehead atoms. The molecule has 0 radical (unpaired) electrons. The van der Waals surface area contributed by atoms with Gasteiger partial charge in [-0.3, -0.25) is 14.4 Å². The summed E-state index contributed by atoms with van der Waals surface area (Å²) in [6.45, 7) is 10.1. The smallest absolute Gasteiger partial charge is 0.247 e. The Morgan fingerprint density at radius 1 is 1.23 bits per heavy atom. The highest BCUT2D eigenvalue weighted by atomic mass is 32.1. The van der Waals surface area contributed by atoms with Crippen molar-refractivity contribution in [1.82, 2.24) is 9.88 Å². The average Bonchev–Trinajstić information content (AvgIpc) is 3.29. The number of carbonyl (C=O) groups excluding carboxylic acids is 3. The Kier molecular flexibility index (Phi) is 8.33. The SMILES string of the molecule is CC(N)=O.Cc1ncsc1-c1ccc(NC(=O)C2CCCN2C(=O)CC(C)(C)C)cc1. The Bertz CT molecular complexity index is 912. The lowest BCUT2D eigenvalue weighted by Gasteiger charge is -2.27. The van der Waals surface area contributed by atoms with Gasteiger partial charge in [-0.15, -0.1) is 11.3 Å². The maximum absolute atomic E-state index is 12.7. The normalized spacial score (nSPS) is 15.8. The summed E-state index contributed by atoms with van der Waals surface area (Å²) >= 11 is 1.61. The quantitative estimate of drug-likeness (QED) is 0.744. The van der Waals surface area contributed by atoms with E-state index >= 15 is 0 Å². The Morgan fingerprint density at radius 2 is 1.84 bits per heavy atom. The number of aromatic nitrogens is 1. The minimum Gasteiger partial charge on any atom is -0.370 e. The highest BCUT2D eigenvalue weighted by Gasteiger charge is 2.35. The lowest BCUT2D eigenvalue weighted by molar-refractivity contribution is -0.138. The number of primary amides is 1. The second kappa shape index (κ2) is 10.5. The molecule has 1 unspecified atom stereocenters. The van der Waals surface area contributed by atoms with Gasteiger partial charge in [-0.2, -0.15) is 0 Å². The van der Waals surface area contributed by atoms with E-state index in [9.17, 15) is 14.4 Å². The predicted molar refractivity (Wildman–Crippen MR) is 125 cm³/mol. The topological polar surface area (TPSA) is 105 Å². The first-order valence-corrected chi connectivity index (χ1v) is 11.2. The molecule has 31 heavy (non-hydrogen) atoms. The first kappa shape index (κ1) is 24.5. The molecule has 7 nitrogen and oxygen atoms in total. The molecule has 2 heterocycles. The number of benzene rings is 1. The summed E-state index contributed by atoms with van der Waals surface area (Å²) in [4.78, 5) is 41.7. The standard InChI is InChI=1S/C21H27N3O2S.C2H5NO/c1-14-19(27-13-22-14)15-7-9-16(10-8-15)23-20(26)17-6-5-11-24(17)18(25)12-21(2,3)4;1-2(3)4/h7-10,13,17H,5-6,11-12H2,1-4H3,(H,23,26);1H3,(H2,3,4). The van der Waals surface area contributed by atoms with Gasteiger partial charge < -0.3 is 16.0 Å². The van der Waals surface area contributed by atoms with E-state index in [1.165, 1.54) is 6.92 Å². The van der Waals surface area contributed by atoms with E-state index in [1.807, 2.05) is 57.5 Å². The first-order chi connectivity index (χ1) is 14.5. The molecule has 1 saturated heterocycles. The van der Waals surface area contributed by atoms with Gasteiger partial charge in [-0.25, -0.2) is 4.98 Å². The lowest BCUT2D eigenvalue weighted by atomic mass is 9.91. The van der Waals surface area contributed by atoms with Crippen LogP contribution >= 0.6 is 11.3 Å². The van der Waals surface area contributed by atoms with Crippen molar-refractivity contribution >= 4 is 34.7 Å². The van der Waals surface area contributed by atoms with Gasteiger partial charge in [-0.1, -0.05) is 32.9 Å². The maximum atomic E-state index is 12.7. The van der Waals surface area contributed by atoms with E-state index in [-0.39, 0.29) is 29.2 Å². The summed E-state index contributed by atoms with van der Waals surface area (Å²) in [6, 6.07) is 7.43. The third-order valence-electron chi connectivity index (χ3n) is 4.72. The summed E-state index contributed by atoms with van der Waals surface area (Å²) in [6.07, 6.45) is 2.05. The number of nitrogens with one attached hydrogen (secondary N) is 1. The van der Waals surface area contributed by atoms with Gasteiger partial charge >= 0.3 is 0 Å². The van der Waals surface area contributed by atoms with Crippen LogP contribution in [-0.4, -0.2) is 40.2 Å². The molecule has 3 amide bonds. The van der Waals surface area contributed by atoms with Gasteiger partial charge in [0, 0.05) is 25.6 Å². The first-order valence-electron chi connectivity index (χ1n) is 10.3. The van der Waals surface area contributed by atoms with Crippen molar-refractivity contribution in [2.75, 3.05) is 11.9 Å². The van der Waals surface area contributed by atoms with E-state index < -0.39 is 0 Å². The van der Waals surface area contributed by atoms with Gasteiger partial charge in [0.25, 0.3) is 0 Å². The number of amides is 3. The molecule has 8 heteroatoms. The van der Waals surface area contributed by atoms with Crippen LogP contribution in [-0.2, 0) is 14.4 Å². The molecule has 1 aliphatic heterocycles. The number of nitrogens with zero attached hydrogens (tertiary/aromatic N) is 2. The third-order valence-corrected chi connectivity index (χ3v) is 5.70. The highest BCUT2D eigenvalue weighted by molar-refractivity contribution is 7.13. The number of likely N-dealkylation sites (tertiary alicyclic amines) is 1. The monoisotopic (exact) mass is 444 g/mol. The zero-order chi connectivity index (χ0) is 23.2. The van der Waals surface area contributed by atoms with Crippen LogP contribution in [0.3, 0.4) is 0 Å². The molecule has 2 aromatic rings. The highest BCUT2D eigenvalue weighted by Crippen LogP contribution is 2.29. The number of rotatable bonds is 4. The minimum absolute atomic E-state index is 0.0659. The molecule has 1 fully saturated rings. The summed E-state index contributed by atoms with van der Waals surface area (Å²) < 4.78 is 0. The largest absolute Gasteiger partial charge is 0.370 e. The van der Waals surface area contributed by atoms with E-state index in [1.54, 1.807) is 16.2 Å². The van der Waals surface area contributed by atoms with Gasteiger partial charge in [0.15, 0.2) is 0 Å². The molecular weight excluding hydrogens is 412 g/mol.